The van der Waals surface area contributed by atoms with Crippen LogP contribution in [0.1, 0.15) is 19.3 Å². The van der Waals surface area contributed by atoms with Crippen molar-refractivity contribution in [2.24, 2.45) is 5.92 Å². The van der Waals surface area contributed by atoms with Gasteiger partial charge in [0.15, 0.2) is 0 Å². The summed E-state index contributed by atoms with van der Waals surface area (Å²) < 4.78 is 0. The van der Waals surface area contributed by atoms with Gasteiger partial charge >= 0.3 is 11.9 Å². The Morgan fingerprint density at radius 1 is 1.44 bits per heavy atom. The number of nitrogens with one attached hydrogen (secondary N) is 1. The number of rotatable bonds is 3. The third-order valence-corrected chi connectivity index (χ3v) is 3.31. The smallest absolute Gasteiger partial charge is 0.342 e. The van der Waals surface area contributed by atoms with Crippen LogP contribution < -0.4 is 5.32 Å². The van der Waals surface area contributed by atoms with Crippen molar-refractivity contribution in [2.45, 2.75) is 25.4 Å². The Balaban J connectivity index is 2.20. The summed E-state index contributed by atoms with van der Waals surface area (Å²) >= 11 is 0. The van der Waals surface area contributed by atoms with Gasteiger partial charge in [-0.2, -0.15) is 0 Å². The fourth-order valence-corrected chi connectivity index (χ4v) is 2.51. The minimum Gasteiger partial charge on any atom is -0.481 e. The summed E-state index contributed by atoms with van der Waals surface area (Å²) in [7, 11) is 0. The molecule has 0 aromatic rings. The average molecular weight is 254 g/mol. The second-order valence-electron chi connectivity index (χ2n) is 4.47. The lowest BCUT2D eigenvalue weighted by Gasteiger charge is -2.43. The second kappa shape index (κ2) is 4.67. The van der Waals surface area contributed by atoms with E-state index in [2.05, 4.69) is 5.32 Å². The van der Waals surface area contributed by atoms with Crippen LogP contribution in [-0.4, -0.2) is 45.7 Å². The number of hydrogen-bond donors (Lipinski definition) is 3. The number of piperidine rings is 1. The number of carboxylic acids is 2. The maximum Gasteiger partial charge on any atom is 0.342 e. The van der Waals surface area contributed by atoms with Gasteiger partial charge in [0, 0.05) is 18.7 Å². The van der Waals surface area contributed by atoms with E-state index in [9.17, 15) is 14.4 Å². The molecule has 0 saturated carbocycles. The van der Waals surface area contributed by atoms with Crippen LogP contribution in [0.15, 0.2) is 11.8 Å². The van der Waals surface area contributed by atoms with Gasteiger partial charge in [-0.05, 0) is 12.8 Å². The summed E-state index contributed by atoms with van der Waals surface area (Å²) in [6, 6.07) is 0. The first-order chi connectivity index (χ1) is 8.50. The van der Waals surface area contributed by atoms with Crippen molar-refractivity contribution in [3.05, 3.63) is 11.8 Å². The van der Waals surface area contributed by atoms with Crippen molar-refractivity contribution in [2.75, 3.05) is 6.54 Å². The lowest BCUT2D eigenvalue weighted by Crippen LogP contribution is -2.58. The summed E-state index contributed by atoms with van der Waals surface area (Å²) in [5.74, 6) is -2.91. The van der Waals surface area contributed by atoms with Gasteiger partial charge in [-0.1, -0.05) is 0 Å². The van der Waals surface area contributed by atoms with Crippen molar-refractivity contribution in [3.8, 4) is 0 Å². The zero-order valence-corrected chi connectivity index (χ0v) is 9.63. The van der Waals surface area contributed by atoms with Crippen molar-refractivity contribution in [1.29, 1.82) is 0 Å². The molecule has 2 rings (SSSR count). The molecule has 18 heavy (non-hydrogen) atoms. The molecule has 2 aliphatic heterocycles. The molecule has 7 nitrogen and oxygen atoms in total. The van der Waals surface area contributed by atoms with Crippen molar-refractivity contribution in [3.63, 3.8) is 0 Å². The molecule has 2 atom stereocenters. The average Bonchev–Trinajstić information content (AvgIpc) is 2.29. The third-order valence-electron chi connectivity index (χ3n) is 3.31. The monoisotopic (exact) mass is 254 g/mol. The maximum absolute atomic E-state index is 11.9. The van der Waals surface area contributed by atoms with Crippen LogP contribution in [0.3, 0.4) is 0 Å². The minimum atomic E-state index is -1.27. The normalized spacial score (nSPS) is 27.0. The molecule has 2 unspecified atom stereocenters. The van der Waals surface area contributed by atoms with E-state index in [1.54, 1.807) is 0 Å². The van der Waals surface area contributed by atoms with E-state index >= 15 is 0 Å². The van der Waals surface area contributed by atoms with Gasteiger partial charge in [-0.25, -0.2) is 4.79 Å². The molecule has 2 aliphatic rings. The van der Waals surface area contributed by atoms with Gasteiger partial charge in [-0.3, -0.25) is 9.59 Å². The van der Waals surface area contributed by atoms with Gasteiger partial charge in [0.25, 0.3) is 5.91 Å². The first-order valence-corrected chi connectivity index (χ1v) is 5.73. The van der Waals surface area contributed by atoms with Gasteiger partial charge in [-0.15, -0.1) is 0 Å². The van der Waals surface area contributed by atoms with Crippen LogP contribution in [-0.2, 0) is 14.4 Å². The largest absolute Gasteiger partial charge is 0.481 e. The molecule has 7 heteroatoms. The summed E-state index contributed by atoms with van der Waals surface area (Å²) in [6.07, 6.45) is 2.13. The molecule has 3 N–H and O–H groups in total. The quantitative estimate of drug-likeness (QED) is 0.591. The van der Waals surface area contributed by atoms with Crippen LogP contribution in [0.4, 0.5) is 0 Å². The Hall–Kier alpha value is -2.05. The van der Waals surface area contributed by atoms with Crippen LogP contribution in [0.25, 0.3) is 0 Å². The summed E-state index contributed by atoms with van der Waals surface area (Å²) in [5.41, 5.74) is -0.303. The molecule has 1 fully saturated rings. The minimum absolute atomic E-state index is 0.0301. The van der Waals surface area contributed by atoms with E-state index in [4.69, 9.17) is 10.2 Å². The van der Waals surface area contributed by atoms with Gasteiger partial charge in [0.05, 0.1) is 6.42 Å². The van der Waals surface area contributed by atoms with E-state index in [-0.39, 0.29) is 17.9 Å². The van der Waals surface area contributed by atoms with Gasteiger partial charge in [0.1, 0.15) is 11.7 Å². The van der Waals surface area contributed by atoms with Gasteiger partial charge < -0.3 is 20.4 Å². The first-order valence-electron chi connectivity index (χ1n) is 5.73. The summed E-state index contributed by atoms with van der Waals surface area (Å²) in [5, 5.41) is 20.5. The highest BCUT2D eigenvalue weighted by Crippen LogP contribution is 2.28. The molecule has 0 aliphatic carbocycles. The van der Waals surface area contributed by atoms with Crippen LogP contribution in [0.2, 0.25) is 0 Å². The highest BCUT2D eigenvalue weighted by Gasteiger charge is 2.40. The molecule has 0 aromatic carbocycles. The number of hydrogen-bond acceptors (Lipinski definition) is 4. The zero-order valence-electron chi connectivity index (χ0n) is 9.63. The molecule has 1 amide bonds. The van der Waals surface area contributed by atoms with Crippen molar-refractivity contribution < 1.29 is 24.6 Å². The van der Waals surface area contributed by atoms with E-state index < -0.39 is 24.0 Å². The maximum atomic E-state index is 11.9. The van der Waals surface area contributed by atoms with Crippen molar-refractivity contribution >= 4 is 17.8 Å². The topological polar surface area (TPSA) is 107 Å². The Labute approximate surface area is 103 Å². The third kappa shape index (κ3) is 2.15. The number of carboxylic acid groups (broad SMARTS) is 2. The zero-order chi connectivity index (χ0) is 13.3. The SMILES string of the molecule is O=C(O)CC1CCCN2C(=O)C(C(=O)O)=CNC12. The standard InChI is InChI=1S/C11H14N2O5/c14-8(15)4-6-2-1-3-13-9(6)12-5-7(10(13)16)11(17)18/h5-6,9,12H,1-4H2,(H,14,15)(H,17,18). The van der Waals surface area contributed by atoms with E-state index in [1.807, 2.05) is 0 Å². The Kier molecular flexibility index (Phi) is 3.22. The fraction of sp³-hybridized carbons (Fsp3) is 0.545. The molecule has 0 bridgehead atoms. The Morgan fingerprint density at radius 2 is 2.17 bits per heavy atom. The molecule has 1 saturated heterocycles. The van der Waals surface area contributed by atoms with Gasteiger partial charge in [0.2, 0.25) is 0 Å². The van der Waals surface area contributed by atoms with Crippen LogP contribution in [0, 0.1) is 5.92 Å². The van der Waals surface area contributed by atoms with Crippen LogP contribution in [0.5, 0.6) is 0 Å². The Bertz CT molecular complexity index is 431. The lowest BCUT2D eigenvalue weighted by atomic mass is 9.89. The molecule has 98 valence electrons. The van der Waals surface area contributed by atoms with E-state index in [0.29, 0.717) is 19.4 Å². The molecule has 0 aromatic heterocycles. The fourth-order valence-electron chi connectivity index (χ4n) is 2.51. The van der Waals surface area contributed by atoms with E-state index in [0.717, 1.165) is 0 Å². The van der Waals surface area contributed by atoms with E-state index in [1.165, 1.54) is 11.1 Å². The number of nitrogens with zero attached hydrogens (tertiary/aromatic N) is 1. The summed E-state index contributed by atoms with van der Waals surface area (Å²) in [4.78, 5) is 34.9. The predicted molar refractivity (Wildman–Crippen MR) is 59.3 cm³/mol. The number of carbonyl (C=O) groups is 3. The highest BCUT2D eigenvalue weighted by molar-refractivity contribution is 6.16. The number of aliphatic carboxylic acids is 2. The molecule has 0 radical (unpaired) electrons. The predicted octanol–water partition coefficient (Wildman–Crippen LogP) is -0.403. The van der Waals surface area contributed by atoms with Crippen molar-refractivity contribution in [1.82, 2.24) is 10.2 Å². The molecular formula is C11H14N2O5. The molecular weight excluding hydrogens is 240 g/mol. The summed E-state index contributed by atoms with van der Waals surface area (Å²) in [6.45, 7) is 0.456. The molecule has 0 spiro atoms. The second-order valence-corrected chi connectivity index (χ2v) is 4.47. The number of carbonyl (C=O) groups excluding carboxylic acids is 1. The Morgan fingerprint density at radius 3 is 2.78 bits per heavy atom. The first kappa shape index (κ1) is 12.4. The number of amides is 1. The lowest BCUT2D eigenvalue weighted by molar-refractivity contribution is -0.145. The number of fused-ring (bicyclic) bond motifs is 1. The molecule has 2 heterocycles. The van der Waals surface area contributed by atoms with Crippen LogP contribution >= 0.6 is 0 Å². The highest BCUT2D eigenvalue weighted by atomic mass is 16.4.